The minimum absolute atomic E-state index is 0.0496. The van der Waals surface area contributed by atoms with Crippen LogP contribution >= 0.6 is 0 Å². The summed E-state index contributed by atoms with van der Waals surface area (Å²) in [7, 11) is 3.78. The van der Waals surface area contributed by atoms with Crippen molar-refractivity contribution in [1.29, 1.82) is 0 Å². The lowest BCUT2D eigenvalue weighted by molar-refractivity contribution is -0.121. The van der Waals surface area contributed by atoms with E-state index in [0.717, 1.165) is 37.5 Å². The van der Waals surface area contributed by atoms with Gasteiger partial charge in [-0.25, -0.2) is 0 Å². The van der Waals surface area contributed by atoms with E-state index < -0.39 is 0 Å². The Morgan fingerprint density at radius 1 is 1.12 bits per heavy atom. The van der Waals surface area contributed by atoms with E-state index in [2.05, 4.69) is 39.6 Å². The molecule has 1 aromatic carbocycles. The third kappa shape index (κ3) is 6.31. The molecule has 0 saturated carbocycles. The fraction of sp³-hybridized carbons (Fsp3) is 0.579. The van der Waals surface area contributed by atoms with Gasteiger partial charge in [0.15, 0.2) is 0 Å². The van der Waals surface area contributed by atoms with Gasteiger partial charge in [-0.2, -0.15) is 0 Å². The second-order valence-electron chi connectivity index (χ2n) is 6.67. The minimum Gasteiger partial charge on any atom is -0.497 e. The highest BCUT2D eigenvalue weighted by molar-refractivity contribution is 5.77. The molecule has 0 radical (unpaired) electrons. The number of methoxy groups -OCH3 is 1. The van der Waals surface area contributed by atoms with Crippen LogP contribution in [0.5, 0.6) is 5.75 Å². The molecular weight excluding hydrogens is 332 g/mol. The maximum absolute atomic E-state index is 12.1. The smallest absolute Gasteiger partial charge is 0.221 e. The molecule has 2 amide bonds. The Hall–Kier alpha value is -2.12. The van der Waals surface area contributed by atoms with Gasteiger partial charge in [0.25, 0.3) is 0 Å². The van der Waals surface area contributed by atoms with Gasteiger partial charge in [0, 0.05) is 52.6 Å². The molecule has 7 nitrogen and oxygen atoms in total. The Bertz CT molecular complexity index is 583. The van der Waals surface area contributed by atoms with Crippen LogP contribution in [-0.4, -0.2) is 75.0 Å². The first kappa shape index (κ1) is 20.2. The summed E-state index contributed by atoms with van der Waals surface area (Å²) in [5, 5.41) is 5.66. The van der Waals surface area contributed by atoms with E-state index in [-0.39, 0.29) is 24.3 Å². The van der Waals surface area contributed by atoms with Gasteiger partial charge in [0.1, 0.15) is 5.75 Å². The van der Waals surface area contributed by atoms with Crippen molar-refractivity contribution >= 4 is 11.8 Å². The first-order valence-corrected chi connectivity index (χ1v) is 9.07. The first-order valence-electron chi connectivity index (χ1n) is 9.07. The number of hydrogen-bond donors (Lipinski definition) is 2. The largest absolute Gasteiger partial charge is 0.497 e. The lowest BCUT2D eigenvalue weighted by Gasteiger charge is -2.38. The maximum Gasteiger partial charge on any atom is 0.221 e. The second kappa shape index (κ2) is 10.1. The zero-order valence-electron chi connectivity index (χ0n) is 16.0. The van der Waals surface area contributed by atoms with E-state index >= 15 is 0 Å². The molecule has 0 aliphatic carbocycles. The number of carbonyl (C=O) groups is 2. The van der Waals surface area contributed by atoms with Crippen LogP contribution in [0.1, 0.15) is 24.9 Å². The Balaban J connectivity index is 1.98. The number of benzene rings is 1. The van der Waals surface area contributed by atoms with Gasteiger partial charge in [0.05, 0.1) is 13.2 Å². The predicted molar refractivity (Wildman–Crippen MR) is 101 cm³/mol. The first-order chi connectivity index (χ1) is 12.5. The number of nitrogens with zero attached hydrogens (tertiary/aromatic N) is 2. The number of ether oxygens (including phenoxy) is 1. The van der Waals surface area contributed by atoms with Crippen molar-refractivity contribution in [2.45, 2.75) is 19.4 Å². The summed E-state index contributed by atoms with van der Waals surface area (Å²) in [6.07, 6.45) is 0.289. The number of nitrogens with one attached hydrogen (secondary N) is 2. The fourth-order valence-corrected chi connectivity index (χ4v) is 3.07. The Labute approximate surface area is 155 Å². The van der Waals surface area contributed by atoms with E-state index in [1.54, 1.807) is 7.11 Å². The minimum atomic E-state index is -0.119. The zero-order valence-corrected chi connectivity index (χ0v) is 16.0. The number of amides is 2. The van der Waals surface area contributed by atoms with Gasteiger partial charge in [-0.05, 0) is 24.7 Å². The summed E-state index contributed by atoms with van der Waals surface area (Å²) in [4.78, 5) is 27.7. The van der Waals surface area contributed by atoms with Gasteiger partial charge >= 0.3 is 0 Å². The van der Waals surface area contributed by atoms with Crippen LogP contribution in [0, 0.1) is 0 Å². The molecule has 0 bridgehead atoms. The van der Waals surface area contributed by atoms with Crippen LogP contribution in [0.25, 0.3) is 0 Å². The third-order valence-corrected chi connectivity index (χ3v) is 4.70. The summed E-state index contributed by atoms with van der Waals surface area (Å²) < 4.78 is 5.25. The standard InChI is InChI=1S/C19H30N4O3/c1-15(24)20-9-8-19(25)21-14-18(23-12-10-22(2)11-13-23)16-4-6-17(26-3)7-5-16/h4-7,18H,8-14H2,1-3H3,(H,20,24)(H,21,25). The molecule has 26 heavy (non-hydrogen) atoms. The van der Waals surface area contributed by atoms with Crippen LogP contribution in [0.2, 0.25) is 0 Å². The number of rotatable bonds is 8. The molecule has 1 aliphatic heterocycles. The van der Waals surface area contributed by atoms with Gasteiger partial charge in [0.2, 0.25) is 11.8 Å². The topological polar surface area (TPSA) is 73.9 Å². The quantitative estimate of drug-likeness (QED) is 0.709. The molecule has 1 atom stereocenters. The molecule has 2 N–H and O–H groups in total. The average molecular weight is 362 g/mol. The van der Waals surface area contributed by atoms with Crippen molar-refractivity contribution in [3.8, 4) is 5.75 Å². The number of carbonyl (C=O) groups excluding carboxylic acids is 2. The lowest BCUT2D eigenvalue weighted by atomic mass is 10.0. The average Bonchev–Trinajstić information content (AvgIpc) is 2.63. The highest BCUT2D eigenvalue weighted by Crippen LogP contribution is 2.23. The van der Waals surface area contributed by atoms with E-state index in [1.165, 1.54) is 6.92 Å². The van der Waals surface area contributed by atoms with Crippen molar-refractivity contribution in [2.24, 2.45) is 0 Å². The van der Waals surface area contributed by atoms with E-state index in [4.69, 9.17) is 4.74 Å². The number of hydrogen-bond acceptors (Lipinski definition) is 5. The van der Waals surface area contributed by atoms with Crippen molar-refractivity contribution in [1.82, 2.24) is 20.4 Å². The normalized spacial score (nSPS) is 16.7. The molecular formula is C19H30N4O3. The lowest BCUT2D eigenvalue weighted by Crippen LogP contribution is -2.48. The number of likely N-dealkylation sites (N-methyl/N-ethyl adjacent to an activating group) is 1. The van der Waals surface area contributed by atoms with Crippen molar-refractivity contribution in [3.63, 3.8) is 0 Å². The summed E-state index contributed by atoms with van der Waals surface area (Å²) in [6.45, 7) is 6.33. The predicted octanol–water partition coefficient (Wildman–Crippen LogP) is 0.626. The Morgan fingerprint density at radius 3 is 2.35 bits per heavy atom. The molecule has 1 heterocycles. The van der Waals surface area contributed by atoms with Crippen LogP contribution in [0.3, 0.4) is 0 Å². The monoisotopic (exact) mass is 362 g/mol. The molecule has 1 fully saturated rings. The van der Waals surface area contributed by atoms with E-state index in [9.17, 15) is 9.59 Å². The number of piperazine rings is 1. The zero-order chi connectivity index (χ0) is 18.9. The highest BCUT2D eigenvalue weighted by atomic mass is 16.5. The van der Waals surface area contributed by atoms with Gasteiger partial charge in [-0.15, -0.1) is 0 Å². The molecule has 0 aromatic heterocycles. The van der Waals surface area contributed by atoms with Gasteiger partial charge < -0.3 is 20.3 Å². The van der Waals surface area contributed by atoms with Gasteiger partial charge in [-0.1, -0.05) is 12.1 Å². The summed E-state index contributed by atoms with van der Waals surface area (Å²) in [5.74, 6) is 0.656. The van der Waals surface area contributed by atoms with Crippen LogP contribution in [0.15, 0.2) is 24.3 Å². The van der Waals surface area contributed by atoms with Crippen LogP contribution < -0.4 is 15.4 Å². The van der Waals surface area contributed by atoms with Crippen molar-refractivity contribution in [3.05, 3.63) is 29.8 Å². The van der Waals surface area contributed by atoms with E-state index in [0.29, 0.717) is 13.1 Å². The Morgan fingerprint density at radius 2 is 1.77 bits per heavy atom. The molecule has 144 valence electrons. The van der Waals surface area contributed by atoms with Crippen molar-refractivity contribution in [2.75, 3.05) is 53.4 Å². The second-order valence-corrected chi connectivity index (χ2v) is 6.67. The molecule has 2 rings (SSSR count). The van der Waals surface area contributed by atoms with Gasteiger partial charge in [-0.3, -0.25) is 14.5 Å². The van der Waals surface area contributed by atoms with E-state index in [1.807, 2.05) is 12.1 Å². The maximum atomic E-state index is 12.1. The van der Waals surface area contributed by atoms with Crippen LogP contribution in [0.4, 0.5) is 0 Å². The summed E-state index contributed by atoms with van der Waals surface area (Å²) in [5.41, 5.74) is 1.16. The third-order valence-electron chi connectivity index (χ3n) is 4.70. The Kier molecular flexibility index (Phi) is 7.87. The molecule has 7 heteroatoms. The van der Waals surface area contributed by atoms with Crippen molar-refractivity contribution < 1.29 is 14.3 Å². The summed E-state index contributed by atoms with van der Waals surface area (Å²) in [6, 6.07) is 8.16. The molecule has 1 aromatic rings. The SMILES string of the molecule is COc1ccc(C(CNC(=O)CCNC(C)=O)N2CCN(C)CC2)cc1. The molecule has 0 spiro atoms. The molecule has 1 aliphatic rings. The molecule has 1 saturated heterocycles. The fourth-order valence-electron chi connectivity index (χ4n) is 3.07. The summed E-state index contributed by atoms with van der Waals surface area (Å²) >= 11 is 0. The van der Waals surface area contributed by atoms with Crippen LogP contribution in [-0.2, 0) is 9.59 Å². The molecule has 1 unspecified atom stereocenters. The highest BCUT2D eigenvalue weighted by Gasteiger charge is 2.24.